The van der Waals surface area contributed by atoms with Crippen molar-refractivity contribution in [3.05, 3.63) is 55.7 Å². The third-order valence-corrected chi connectivity index (χ3v) is 8.59. The van der Waals surface area contributed by atoms with Crippen LogP contribution >= 0.6 is 11.6 Å². The number of carbonyl (C=O) groups excluding carboxylic acids is 1. The van der Waals surface area contributed by atoms with Crippen molar-refractivity contribution < 1.29 is 48.2 Å². The van der Waals surface area contributed by atoms with E-state index in [9.17, 15) is 24.9 Å². The van der Waals surface area contributed by atoms with E-state index in [0.29, 0.717) is 5.56 Å². The summed E-state index contributed by atoms with van der Waals surface area (Å²) in [7, 11) is 5.61. The normalized spacial score (nSPS) is 22.5. The van der Waals surface area contributed by atoms with Crippen LogP contribution in [0.1, 0.15) is 45.4 Å². The van der Waals surface area contributed by atoms with Crippen LogP contribution in [0.4, 0.5) is 0 Å². The Bertz CT molecular complexity index is 1920. The summed E-state index contributed by atoms with van der Waals surface area (Å²) in [5, 5.41) is 34.7. The molecule has 3 N–H and O–H groups in total. The number of benzene rings is 3. The van der Waals surface area contributed by atoms with E-state index in [-0.39, 0.29) is 73.1 Å². The highest BCUT2D eigenvalue weighted by atomic mass is 35.5. The van der Waals surface area contributed by atoms with Crippen molar-refractivity contribution in [1.29, 1.82) is 0 Å². The molecule has 7 rings (SSSR count). The van der Waals surface area contributed by atoms with E-state index >= 15 is 0 Å². The average Bonchev–Trinajstić information content (AvgIpc) is 2.98. The molecule has 0 unspecified atom stereocenters. The maximum atomic E-state index is 13.9. The van der Waals surface area contributed by atoms with E-state index in [1.165, 1.54) is 51.5 Å². The molecule has 0 spiro atoms. The molecule has 218 valence electrons. The second kappa shape index (κ2) is 9.21. The van der Waals surface area contributed by atoms with Gasteiger partial charge < -0.3 is 48.3 Å². The monoisotopic (exact) mass is 597 g/mol. The highest BCUT2D eigenvalue weighted by Crippen LogP contribution is 2.61. The standard InChI is InChI=1S/C29H24ClNO11/c1-31-28(36)14-10(19(33)29(31)39-4)7-11-13(20(14)34)15-16-25(22(11)37-2)40-8-41-26(16)27-17(21(15)35)18(32)9-5-6-12(30)24(38-3)23(9)42-27/h5-7,19,22,25,29,33-35H,8H2,1-4H3/t19-,22+,25-,29-/m0/s1. The maximum Gasteiger partial charge on any atom is 0.259 e. The van der Waals surface area contributed by atoms with Crippen LogP contribution in [0.15, 0.2) is 27.4 Å². The number of hydrogen-bond donors (Lipinski definition) is 3. The van der Waals surface area contributed by atoms with Crippen molar-refractivity contribution in [3.8, 4) is 34.1 Å². The number of hydrogen-bond acceptors (Lipinski definition) is 11. The molecule has 2 aliphatic heterocycles. The molecule has 3 aromatic carbocycles. The zero-order valence-electron chi connectivity index (χ0n) is 22.7. The summed E-state index contributed by atoms with van der Waals surface area (Å²) in [5.41, 5.74) is -0.0907. The van der Waals surface area contributed by atoms with Gasteiger partial charge in [-0.1, -0.05) is 11.6 Å². The first-order valence-corrected chi connectivity index (χ1v) is 13.2. The van der Waals surface area contributed by atoms with Gasteiger partial charge in [0.05, 0.1) is 23.1 Å². The number of likely N-dealkylation sites (N-methyl/N-ethyl adjacent to an activating group) is 1. The van der Waals surface area contributed by atoms with Gasteiger partial charge in [-0.15, -0.1) is 0 Å². The lowest BCUT2D eigenvalue weighted by molar-refractivity contribution is -0.121. The largest absolute Gasteiger partial charge is 0.506 e. The van der Waals surface area contributed by atoms with Gasteiger partial charge in [0.15, 0.2) is 35.7 Å². The number of aliphatic hydroxyl groups excluding tert-OH is 1. The van der Waals surface area contributed by atoms with Gasteiger partial charge in [-0.3, -0.25) is 9.59 Å². The van der Waals surface area contributed by atoms with Gasteiger partial charge in [-0.2, -0.15) is 0 Å². The minimum Gasteiger partial charge on any atom is -0.506 e. The fraction of sp³-hybridized carbons (Fsp3) is 0.310. The third-order valence-electron chi connectivity index (χ3n) is 8.29. The lowest BCUT2D eigenvalue weighted by Gasteiger charge is -2.41. The van der Waals surface area contributed by atoms with Crippen molar-refractivity contribution >= 4 is 39.4 Å². The molecular formula is C29H24ClNO11. The number of nitrogens with zero attached hydrogens (tertiary/aromatic N) is 1. The number of rotatable bonds is 3. The molecule has 12 nitrogen and oxygen atoms in total. The van der Waals surface area contributed by atoms with Crippen molar-refractivity contribution in [2.45, 2.75) is 24.5 Å². The van der Waals surface area contributed by atoms with E-state index in [1.807, 2.05) is 0 Å². The van der Waals surface area contributed by atoms with Crippen LogP contribution in [0.3, 0.4) is 0 Å². The highest BCUT2D eigenvalue weighted by Gasteiger charge is 2.48. The Kier molecular flexibility index (Phi) is 5.88. The molecule has 0 bridgehead atoms. The number of phenolic OH excluding ortho intramolecular Hbond substituents is 2. The molecule has 3 heterocycles. The van der Waals surface area contributed by atoms with E-state index in [1.54, 1.807) is 0 Å². The fourth-order valence-electron chi connectivity index (χ4n) is 6.43. The van der Waals surface area contributed by atoms with Gasteiger partial charge in [0.1, 0.15) is 35.2 Å². The molecule has 4 aromatic rings. The summed E-state index contributed by atoms with van der Waals surface area (Å²) < 4.78 is 34.6. The summed E-state index contributed by atoms with van der Waals surface area (Å²) in [4.78, 5) is 28.5. The third kappa shape index (κ3) is 3.21. The first kappa shape index (κ1) is 26.8. The van der Waals surface area contributed by atoms with E-state index < -0.39 is 47.4 Å². The van der Waals surface area contributed by atoms with Crippen molar-refractivity contribution in [2.24, 2.45) is 0 Å². The van der Waals surface area contributed by atoms with Crippen LogP contribution < -0.4 is 14.9 Å². The van der Waals surface area contributed by atoms with Crippen molar-refractivity contribution in [3.63, 3.8) is 0 Å². The summed E-state index contributed by atoms with van der Waals surface area (Å²) in [6, 6.07) is 4.46. The number of ether oxygens (including phenoxy) is 5. The topological polar surface area (TPSA) is 157 Å². The number of halogens is 1. The Labute approximate surface area is 242 Å². The predicted octanol–water partition coefficient (Wildman–Crippen LogP) is 3.89. The molecular weight excluding hydrogens is 574 g/mol. The first-order valence-electron chi connectivity index (χ1n) is 12.8. The fourth-order valence-corrected chi connectivity index (χ4v) is 6.66. The lowest BCUT2D eigenvalue weighted by Crippen LogP contribution is -2.47. The minimum absolute atomic E-state index is 0.0113. The van der Waals surface area contributed by atoms with E-state index in [0.717, 1.165) is 0 Å². The Morgan fingerprint density at radius 3 is 2.45 bits per heavy atom. The quantitative estimate of drug-likeness (QED) is 0.294. The smallest absolute Gasteiger partial charge is 0.259 e. The number of carbonyl (C=O) groups is 1. The van der Waals surface area contributed by atoms with Gasteiger partial charge in [0.25, 0.3) is 5.91 Å². The van der Waals surface area contributed by atoms with E-state index in [2.05, 4.69) is 0 Å². The molecule has 42 heavy (non-hydrogen) atoms. The van der Waals surface area contributed by atoms with Gasteiger partial charge >= 0.3 is 0 Å². The number of phenols is 2. The molecule has 1 aromatic heterocycles. The van der Waals surface area contributed by atoms with Gasteiger partial charge in [-0.05, 0) is 23.8 Å². The molecule has 0 fully saturated rings. The van der Waals surface area contributed by atoms with Crippen LogP contribution in [0.2, 0.25) is 5.02 Å². The van der Waals surface area contributed by atoms with Crippen LogP contribution in [0.5, 0.6) is 23.0 Å². The number of aromatic hydroxyl groups is 2. The average molecular weight is 598 g/mol. The molecule has 3 aliphatic rings. The van der Waals surface area contributed by atoms with Gasteiger partial charge in [-0.25, -0.2) is 0 Å². The Morgan fingerprint density at radius 2 is 1.76 bits per heavy atom. The summed E-state index contributed by atoms with van der Waals surface area (Å²) in [5.74, 6) is -1.45. The number of aliphatic hydroxyl groups is 1. The number of fused-ring (bicyclic) bond motifs is 6. The molecule has 1 amide bonds. The molecule has 0 saturated heterocycles. The zero-order chi connectivity index (χ0) is 29.8. The lowest BCUT2D eigenvalue weighted by atomic mass is 9.76. The molecule has 4 atom stereocenters. The molecule has 0 radical (unpaired) electrons. The Hall–Kier alpha value is -4.07. The highest BCUT2D eigenvalue weighted by molar-refractivity contribution is 6.33. The van der Waals surface area contributed by atoms with E-state index in [4.69, 9.17) is 39.7 Å². The number of amides is 1. The first-order chi connectivity index (χ1) is 20.2. The van der Waals surface area contributed by atoms with Gasteiger partial charge in [0.2, 0.25) is 5.43 Å². The second-order valence-corrected chi connectivity index (χ2v) is 10.6. The molecule has 13 heteroatoms. The van der Waals surface area contributed by atoms with Crippen molar-refractivity contribution in [2.75, 3.05) is 35.2 Å². The summed E-state index contributed by atoms with van der Waals surface area (Å²) >= 11 is 6.29. The van der Waals surface area contributed by atoms with Gasteiger partial charge in [0, 0.05) is 43.5 Å². The van der Waals surface area contributed by atoms with Crippen LogP contribution in [0.25, 0.3) is 33.1 Å². The molecule has 1 aliphatic carbocycles. The summed E-state index contributed by atoms with van der Waals surface area (Å²) in [6.07, 6.45) is -4.10. The Morgan fingerprint density at radius 1 is 1.00 bits per heavy atom. The minimum atomic E-state index is -1.31. The van der Waals surface area contributed by atoms with Crippen LogP contribution in [-0.2, 0) is 14.2 Å². The SMILES string of the molecule is COc1c(Cl)ccc2c(=O)c3c(O)c4c5c(c3oc12)OCO[C@@H]5[C@H](OC)c1cc2c(c(O)c1-4)C(=O)N(C)[C@@H](OC)[C@H]2O. The predicted molar refractivity (Wildman–Crippen MR) is 147 cm³/mol. The van der Waals surface area contributed by atoms with Crippen LogP contribution in [0, 0.1) is 0 Å². The molecule has 0 saturated carbocycles. The number of methoxy groups -OCH3 is 3. The zero-order valence-corrected chi connectivity index (χ0v) is 23.4. The maximum absolute atomic E-state index is 13.9. The second-order valence-electron chi connectivity index (χ2n) is 10.2. The van der Waals surface area contributed by atoms with Crippen LogP contribution in [-0.4, -0.2) is 67.5 Å². The Balaban J connectivity index is 1.65. The van der Waals surface area contributed by atoms with Crippen molar-refractivity contribution in [1.82, 2.24) is 4.90 Å². The summed E-state index contributed by atoms with van der Waals surface area (Å²) in [6.45, 7) is -0.255.